The smallest absolute Gasteiger partial charge is 0.382 e. The second-order valence-corrected chi connectivity index (χ2v) is 12.4. The molecule has 234 valence electrons. The highest BCUT2D eigenvalue weighted by atomic mass is 19.4. The number of anilines is 2. The molecule has 3 aromatic rings. The van der Waals surface area contributed by atoms with E-state index in [4.69, 9.17) is 0 Å². The summed E-state index contributed by atoms with van der Waals surface area (Å²) in [6.45, 7) is 5.60. The number of rotatable bonds is 6. The molecular formula is C35H39F4N3O2. The summed E-state index contributed by atoms with van der Waals surface area (Å²) in [5.74, 6) is -1.76. The van der Waals surface area contributed by atoms with Crippen molar-refractivity contribution in [2.75, 3.05) is 17.2 Å². The lowest BCUT2D eigenvalue weighted by molar-refractivity contribution is -0.138. The third kappa shape index (κ3) is 6.92. The van der Waals surface area contributed by atoms with Gasteiger partial charge in [-0.15, -0.1) is 0 Å². The van der Waals surface area contributed by atoms with Crippen LogP contribution in [0.15, 0.2) is 60.7 Å². The van der Waals surface area contributed by atoms with Gasteiger partial charge in [0.25, 0.3) is 5.91 Å². The van der Waals surface area contributed by atoms with Crippen LogP contribution in [-0.2, 0) is 11.0 Å². The molecule has 1 saturated carbocycles. The first kappa shape index (κ1) is 31.5. The fourth-order valence-electron chi connectivity index (χ4n) is 6.77. The van der Waals surface area contributed by atoms with Crippen molar-refractivity contribution in [1.29, 1.82) is 0 Å². The van der Waals surface area contributed by atoms with Crippen LogP contribution in [0.2, 0.25) is 0 Å². The summed E-state index contributed by atoms with van der Waals surface area (Å²) in [5, 5.41) is 6.28. The van der Waals surface area contributed by atoms with E-state index in [1.54, 1.807) is 24.0 Å². The fourth-order valence-corrected chi connectivity index (χ4v) is 6.77. The van der Waals surface area contributed by atoms with Gasteiger partial charge in [-0.05, 0) is 92.5 Å². The Morgan fingerprint density at radius 3 is 2.30 bits per heavy atom. The van der Waals surface area contributed by atoms with Crippen LogP contribution in [0.1, 0.15) is 84.1 Å². The zero-order chi connectivity index (χ0) is 31.6. The molecule has 2 amide bonds. The molecule has 1 aliphatic carbocycles. The third-order valence-corrected chi connectivity index (χ3v) is 9.03. The molecule has 1 unspecified atom stereocenters. The van der Waals surface area contributed by atoms with Crippen LogP contribution < -0.4 is 10.6 Å². The molecule has 44 heavy (non-hydrogen) atoms. The van der Waals surface area contributed by atoms with Gasteiger partial charge in [-0.25, -0.2) is 4.39 Å². The molecule has 5 rings (SSSR count). The lowest BCUT2D eigenvalue weighted by Crippen LogP contribution is -2.46. The molecule has 2 N–H and O–H groups in total. The number of hydrogen-bond acceptors (Lipinski definition) is 3. The molecular weight excluding hydrogens is 570 g/mol. The minimum atomic E-state index is -4.57. The predicted molar refractivity (Wildman–Crippen MR) is 164 cm³/mol. The van der Waals surface area contributed by atoms with E-state index in [1.807, 2.05) is 24.3 Å². The van der Waals surface area contributed by atoms with Gasteiger partial charge in [-0.1, -0.05) is 50.1 Å². The van der Waals surface area contributed by atoms with Crippen molar-refractivity contribution in [2.45, 2.75) is 77.6 Å². The maximum Gasteiger partial charge on any atom is 0.416 e. The van der Waals surface area contributed by atoms with Crippen molar-refractivity contribution in [3.63, 3.8) is 0 Å². The molecule has 4 atom stereocenters. The summed E-state index contributed by atoms with van der Waals surface area (Å²) in [6.07, 6.45) is 0.914. The third-order valence-electron chi connectivity index (χ3n) is 9.03. The number of benzene rings is 3. The van der Waals surface area contributed by atoms with Gasteiger partial charge in [0.15, 0.2) is 0 Å². The Bertz CT molecular complexity index is 1480. The van der Waals surface area contributed by atoms with E-state index in [-0.39, 0.29) is 16.8 Å². The molecule has 9 heteroatoms. The lowest BCUT2D eigenvalue weighted by Gasteiger charge is -2.41. The quantitative estimate of drug-likeness (QED) is 0.275. The van der Waals surface area contributed by atoms with Crippen molar-refractivity contribution in [1.82, 2.24) is 4.90 Å². The van der Waals surface area contributed by atoms with Crippen molar-refractivity contribution in [3.05, 3.63) is 94.3 Å². The SMILES string of the molecule is Cc1ccc(NC(=O)[C@H]2CCCN(C(=O)c3c(C)cccc3F)[C@H]2c2ccc(NC3CCC[C@@H](C)C3)cc2)cc1C(F)(F)F. The first-order valence-corrected chi connectivity index (χ1v) is 15.3. The second-order valence-electron chi connectivity index (χ2n) is 12.4. The Hall–Kier alpha value is -3.88. The van der Waals surface area contributed by atoms with Crippen LogP contribution in [0, 0.1) is 31.5 Å². The molecule has 3 aromatic carbocycles. The summed E-state index contributed by atoms with van der Waals surface area (Å²) in [6, 6.07) is 15.4. The summed E-state index contributed by atoms with van der Waals surface area (Å²) in [5.41, 5.74) is 1.34. The van der Waals surface area contributed by atoms with Crippen LogP contribution in [-0.4, -0.2) is 29.3 Å². The van der Waals surface area contributed by atoms with Gasteiger partial charge in [0.2, 0.25) is 5.91 Å². The zero-order valence-electron chi connectivity index (χ0n) is 25.3. The molecule has 0 bridgehead atoms. The van der Waals surface area contributed by atoms with Crippen LogP contribution in [0.4, 0.5) is 28.9 Å². The van der Waals surface area contributed by atoms with Crippen LogP contribution in [0.5, 0.6) is 0 Å². The molecule has 2 aliphatic rings. The van der Waals surface area contributed by atoms with E-state index in [9.17, 15) is 27.2 Å². The number of likely N-dealkylation sites (tertiary alicyclic amines) is 1. The summed E-state index contributed by atoms with van der Waals surface area (Å²) in [7, 11) is 0. The number of halogens is 4. The standard InChI is InChI=1S/C35H39F4N3O2/c1-21-7-4-9-26(19-21)40-25-16-13-24(14-17-25)32-28(33(43)41-27-15-12-22(2)29(20-27)35(37,38)39)10-6-18-42(32)34(44)31-23(3)8-5-11-30(31)36/h5,8,11-17,20-21,26,28,32,40H,4,6-7,9-10,18-19H2,1-3H3,(H,41,43)/t21-,26?,28+,32+/m1/s1. The number of amides is 2. The monoisotopic (exact) mass is 609 g/mol. The molecule has 1 heterocycles. The highest BCUT2D eigenvalue weighted by molar-refractivity contribution is 5.98. The maximum absolute atomic E-state index is 15.0. The average Bonchev–Trinajstić information content (AvgIpc) is 2.97. The fraction of sp³-hybridized carbons (Fsp3) is 0.429. The Kier molecular flexibility index (Phi) is 9.32. The highest BCUT2D eigenvalue weighted by Gasteiger charge is 2.41. The number of nitrogens with one attached hydrogen (secondary N) is 2. The first-order valence-electron chi connectivity index (χ1n) is 15.3. The van der Waals surface area contributed by atoms with Crippen LogP contribution >= 0.6 is 0 Å². The molecule has 0 radical (unpaired) electrons. The Morgan fingerprint density at radius 2 is 1.61 bits per heavy atom. The van der Waals surface area contributed by atoms with E-state index >= 15 is 0 Å². The summed E-state index contributed by atoms with van der Waals surface area (Å²) >= 11 is 0. The molecule has 0 aromatic heterocycles. The molecule has 0 spiro atoms. The summed E-state index contributed by atoms with van der Waals surface area (Å²) < 4.78 is 55.7. The van der Waals surface area contributed by atoms with Crippen molar-refractivity contribution < 1.29 is 27.2 Å². The Labute approximate surface area is 256 Å². The van der Waals surface area contributed by atoms with Gasteiger partial charge in [-0.3, -0.25) is 9.59 Å². The Balaban J connectivity index is 1.46. The van der Waals surface area contributed by atoms with Gasteiger partial charge >= 0.3 is 6.18 Å². The maximum atomic E-state index is 15.0. The van der Waals surface area contributed by atoms with Crippen molar-refractivity contribution in [3.8, 4) is 0 Å². The lowest BCUT2D eigenvalue weighted by atomic mass is 9.83. The van der Waals surface area contributed by atoms with Gasteiger partial charge in [0.1, 0.15) is 5.82 Å². The van der Waals surface area contributed by atoms with E-state index in [0.717, 1.165) is 24.6 Å². The molecule has 1 aliphatic heterocycles. The molecule has 5 nitrogen and oxygen atoms in total. The topological polar surface area (TPSA) is 61.4 Å². The number of alkyl halides is 3. The van der Waals surface area contributed by atoms with Crippen LogP contribution in [0.3, 0.4) is 0 Å². The van der Waals surface area contributed by atoms with E-state index in [2.05, 4.69) is 17.6 Å². The number of carbonyl (C=O) groups excluding carboxylic acids is 2. The second kappa shape index (κ2) is 13.0. The van der Waals surface area contributed by atoms with Gasteiger partial charge < -0.3 is 15.5 Å². The number of nitrogens with zero attached hydrogens (tertiary/aromatic N) is 1. The zero-order valence-corrected chi connectivity index (χ0v) is 25.3. The van der Waals surface area contributed by atoms with E-state index in [0.29, 0.717) is 42.5 Å². The molecule has 1 saturated heterocycles. The van der Waals surface area contributed by atoms with Gasteiger partial charge in [-0.2, -0.15) is 13.2 Å². The number of carbonyl (C=O) groups is 2. The minimum Gasteiger partial charge on any atom is -0.382 e. The highest BCUT2D eigenvalue weighted by Crippen LogP contribution is 2.40. The van der Waals surface area contributed by atoms with Crippen molar-refractivity contribution in [2.24, 2.45) is 11.8 Å². The molecule has 2 fully saturated rings. The number of hydrogen-bond donors (Lipinski definition) is 2. The average molecular weight is 610 g/mol. The van der Waals surface area contributed by atoms with Crippen molar-refractivity contribution >= 4 is 23.2 Å². The summed E-state index contributed by atoms with van der Waals surface area (Å²) in [4.78, 5) is 29.2. The number of aryl methyl sites for hydroxylation is 2. The van der Waals surface area contributed by atoms with Crippen LogP contribution in [0.25, 0.3) is 0 Å². The normalized spacial score (nSPS) is 22.4. The Morgan fingerprint density at radius 1 is 0.886 bits per heavy atom. The first-order chi connectivity index (χ1) is 20.9. The number of piperidine rings is 1. The largest absolute Gasteiger partial charge is 0.416 e. The minimum absolute atomic E-state index is 0.0290. The van der Waals surface area contributed by atoms with E-state index < -0.39 is 41.3 Å². The van der Waals surface area contributed by atoms with Gasteiger partial charge in [0.05, 0.1) is 23.1 Å². The van der Waals surface area contributed by atoms with Gasteiger partial charge in [0, 0.05) is 24.0 Å². The van der Waals surface area contributed by atoms with E-state index in [1.165, 1.54) is 38.0 Å². The predicted octanol–water partition coefficient (Wildman–Crippen LogP) is 8.68.